The molecule has 0 fully saturated rings. The van der Waals surface area contributed by atoms with Crippen LogP contribution in [0, 0.1) is 0 Å². The summed E-state index contributed by atoms with van der Waals surface area (Å²) in [6.45, 7) is 0. The largest absolute Gasteiger partial charge is 0.508 e. The van der Waals surface area contributed by atoms with Gasteiger partial charge in [0.1, 0.15) is 11.5 Å². The second kappa shape index (κ2) is 7.53. The molecule has 3 rings (SSSR count). The monoisotopic (exact) mass is 348 g/mol. The van der Waals surface area contributed by atoms with Gasteiger partial charge in [0.05, 0.1) is 18.2 Å². The highest BCUT2D eigenvalue weighted by molar-refractivity contribution is 5.91. The van der Waals surface area contributed by atoms with Crippen molar-refractivity contribution in [2.45, 2.75) is 0 Å². The van der Waals surface area contributed by atoms with E-state index in [0.29, 0.717) is 16.9 Å². The fourth-order valence-electron chi connectivity index (χ4n) is 2.40. The number of esters is 2. The highest BCUT2D eigenvalue weighted by atomic mass is 16.5. The summed E-state index contributed by atoms with van der Waals surface area (Å²) in [5, 5.41) is 9.25. The molecule has 130 valence electrons. The Labute approximate surface area is 150 Å². The first-order valence-electron chi connectivity index (χ1n) is 7.87. The maximum absolute atomic E-state index is 12.1. The molecule has 3 aromatic carbocycles. The van der Waals surface area contributed by atoms with E-state index in [4.69, 9.17) is 4.74 Å². The van der Waals surface area contributed by atoms with E-state index in [1.54, 1.807) is 24.3 Å². The average molecular weight is 348 g/mol. The number of phenols is 1. The van der Waals surface area contributed by atoms with E-state index in [2.05, 4.69) is 4.74 Å². The van der Waals surface area contributed by atoms with E-state index in [9.17, 15) is 14.7 Å². The number of phenolic OH excluding ortho intramolecular Hbond substituents is 1. The van der Waals surface area contributed by atoms with Gasteiger partial charge in [-0.25, -0.2) is 9.59 Å². The van der Waals surface area contributed by atoms with Gasteiger partial charge in [0, 0.05) is 0 Å². The Hall–Kier alpha value is -3.60. The van der Waals surface area contributed by atoms with Crippen molar-refractivity contribution in [3.05, 3.63) is 83.9 Å². The summed E-state index contributed by atoms with van der Waals surface area (Å²) < 4.78 is 9.99. The Bertz CT molecular complexity index is 910. The van der Waals surface area contributed by atoms with E-state index in [1.807, 2.05) is 24.3 Å². The van der Waals surface area contributed by atoms with Crippen LogP contribution < -0.4 is 4.74 Å². The normalized spacial score (nSPS) is 10.2. The van der Waals surface area contributed by atoms with Crippen molar-refractivity contribution in [1.82, 2.24) is 0 Å². The van der Waals surface area contributed by atoms with Crippen LogP contribution in [0.3, 0.4) is 0 Å². The lowest BCUT2D eigenvalue weighted by molar-refractivity contribution is 0.0600. The van der Waals surface area contributed by atoms with E-state index >= 15 is 0 Å². The summed E-state index contributed by atoms with van der Waals surface area (Å²) in [5.41, 5.74) is 2.68. The molecule has 0 saturated heterocycles. The van der Waals surface area contributed by atoms with Crippen LogP contribution in [-0.2, 0) is 4.74 Å². The van der Waals surface area contributed by atoms with Crippen molar-refractivity contribution in [2.75, 3.05) is 7.11 Å². The third-order valence-corrected chi connectivity index (χ3v) is 3.81. The molecule has 0 aromatic heterocycles. The first kappa shape index (κ1) is 17.2. The molecular formula is C21H16O5. The Kier molecular flexibility index (Phi) is 4.99. The highest BCUT2D eigenvalue weighted by Crippen LogP contribution is 2.23. The maximum Gasteiger partial charge on any atom is 0.343 e. The smallest absolute Gasteiger partial charge is 0.343 e. The Balaban J connectivity index is 1.71. The Morgan fingerprint density at radius 3 is 1.69 bits per heavy atom. The van der Waals surface area contributed by atoms with Crippen molar-refractivity contribution < 1.29 is 24.2 Å². The van der Waals surface area contributed by atoms with Gasteiger partial charge >= 0.3 is 11.9 Å². The molecule has 0 radical (unpaired) electrons. The third kappa shape index (κ3) is 3.89. The van der Waals surface area contributed by atoms with Crippen molar-refractivity contribution in [3.63, 3.8) is 0 Å². The molecule has 0 aliphatic rings. The minimum Gasteiger partial charge on any atom is -0.508 e. The Morgan fingerprint density at radius 2 is 1.15 bits per heavy atom. The van der Waals surface area contributed by atoms with Gasteiger partial charge in [0.2, 0.25) is 0 Å². The zero-order chi connectivity index (χ0) is 18.5. The van der Waals surface area contributed by atoms with Crippen molar-refractivity contribution in [2.24, 2.45) is 0 Å². The van der Waals surface area contributed by atoms with Crippen LogP contribution in [0.1, 0.15) is 20.7 Å². The zero-order valence-electron chi connectivity index (χ0n) is 14.0. The predicted octanol–water partition coefficient (Wildman–Crippen LogP) is 4.07. The first-order chi connectivity index (χ1) is 12.6. The summed E-state index contributed by atoms with van der Waals surface area (Å²) in [6.07, 6.45) is 0. The topological polar surface area (TPSA) is 72.8 Å². The third-order valence-electron chi connectivity index (χ3n) is 3.81. The summed E-state index contributed by atoms with van der Waals surface area (Å²) >= 11 is 0. The van der Waals surface area contributed by atoms with Crippen molar-refractivity contribution >= 4 is 11.9 Å². The lowest BCUT2D eigenvalue weighted by Gasteiger charge is -2.07. The number of rotatable bonds is 4. The number of methoxy groups -OCH3 is 1. The number of benzene rings is 3. The molecule has 5 nitrogen and oxygen atoms in total. The molecule has 0 atom stereocenters. The van der Waals surface area contributed by atoms with Gasteiger partial charge < -0.3 is 14.6 Å². The molecule has 5 heteroatoms. The summed E-state index contributed by atoms with van der Waals surface area (Å²) in [4.78, 5) is 23.5. The second-order valence-corrected chi connectivity index (χ2v) is 5.53. The van der Waals surface area contributed by atoms with Gasteiger partial charge in [0.25, 0.3) is 0 Å². The maximum atomic E-state index is 12.1. The second-order valence-electron chi connectivity index (χ2n) is 5.53. The van der Waals surface area contributed by atoms with Gasteiger partial charge in [-0.3, -0.25) is 0 Å². The quantitative estimate of drug-likeness (QED) is 0.568. The fraction of sp³-hybridized carbons (Fsp3) is 0.0476. The molecule has 3 aromatic rings. The van der Waals surface area contributed by atoms with Crippen LogP contribution in [0.4, 0.5) is 0 Å². The molecular weight excluding hydrogens is 332 g/mol. The summed E-state index contributed by atoms with van der Waals surface area (Å²) in [6, 6.07) is 19.9. The van der Waals surface area contributed by atoms with Gasteiger partial charge in [-0.2, -0.15) is 0 Å². The molecule has 0 amide bonds. The van der Waals surface area contributed by atoms with Crippen LogP contribution in [0.5, 0.6) is 11.5 Å². The fourth-order valence-corrected chi connectivity index (χ4v) is 2.40. The SMILES string of the molecule is COC(=O)c1ccc(-c2ccc(OC(=O)c3ccc(O)cc3)cc2)cc1. The molecule has 0 heterocycles. The molecule has 1 N–H and O–H groups in total. The lowest BCUT2D eigenvalue weighted by Crippen LogP contribution is -2.07. The molecule has 0 spiro atoms. The van der Waals surface area contributed by atoms with E-state index in [0.717, 1.165) is 11.1 Å². The van der Waals surface area contributed by atoms with Crippen LogP contribution in [0.2, 0.25) is 0 Å². The van der Waals surface area contributed by atoms with E-state index < -0.39 is 5.97 Å². The minimum absolute atomic E-state index is 0.0871. The number of hydrogen-bond donors (Lipinski definition) is 1. The summed E-state index contributed by atoms with van der Waals surface area (Å²) in [7, 11) is 1.34. The van der Waals surface area contributed by atoms with Gasteiger partial charge in [-0.1, -0.05) is 24.3 Å². The minimum atomic E-state index is -0.500. The number of carbonyl (C=O) groups excluding carboxylic acids is 2. The van der Waals surface area contributed by atoms with E-state index in [-0.39, 0.29) is 11.7 Å². The number of ether oxygens (including phenoxy) is 2. The van der Waals surface area contributed by atoms with Gasteiger partial charge in [-0.15, -0.1) is 0 Å². The number of aromatic hydroxyl groups is 1. The number of carbonyl (C=O) groups is 2. The van der Waals surface area contributed by atoms with E-state index in [1.165, 1.54) is 31.4 Å². The standard InChI is InChI=1S/C21H16O5/c1-25-20(23)16-4-2-14(3-5-16)15-8-12-19(13-9-15)26-21(24)17-6-10-18(22)11-7-17/h2-13,22H,1H3. The zero-order valence-corrected chi connectivity index (χ0v) is 14.0. The molecule has 0 bridgehead atoms. The van der Waals surface area contributed by atoms with Crippen LogP contribution in [-0.4, -0.2) is 24.2 Å². The molecule has 0 aliphatic carbocycles. The summed E-state index contributed by atoms with van der Waals surface area (Å²) in [5.74, 6) is -0.379. The van der Waals surface area contributed by atoms with Gasteiger partial charge in [0.15, 0.2) is 0 Å². The molecule has 0 unspecified atom stereocenters. The molecule has 0 aliphatic heterocycles. The van der Waals surface area contributed by atoms with Crippen molar-refractivity contribution in [1.29, 1.82) is 0 Å². The van der Waals surface area contributed by atoms with Crippen LogP contribution in [0.15, 0.2) is 72.8 Å². The van der Waals surface area contributed by atoms with Crippen LogP contribution >= 0.6 is 0 Å². The molecule has 26 heavy (non-hydrogen) atoms. The van der Waals surface area contributed by atoms with Crippen molar-refractivity contribution in [3.8, 4) is 22.6 Å². The average Bonchev–Trinajstić information content (AvgIpc) is 2.68. The Morgan fingerprint density at radius 1 is 0.692 bits per heavy atom. The molecule has 0 saturated carbocycles. The first-order valence-corrected chi connectivity index (χ1v) is 7.87. The van der Waals surface area contributed by atoms with Gasteiger partial charge in [-0.05, 0) is 59.7 Å². The number of hydrogen-bond acceptors (Lipinski definition) is 5. The van der Waals surface area contributed by atoms with Crippen LogP contribution in [0.25, 0.3) is 11.1 Å². The highest BCUT2D eigenvalue weighted by Gasteiger charge is 2.09. The predicted molar refractivity (Wildman–Crippen MR) is 96.3 cm³/mol. The lowest BCUT2D eigenvalue weighted by atomic mass is 10.0.